The Hall–Kier alpha value is -2.06. The molecule has 1 heterocycles. The van der Waals surface area contributed by atoms with E-state index in [-0.39, 0.29) is 18.2 Å². The van der Waals surface area contributed by atoms with Crippen molar-refractivity contribution in [2.24, 2.45) is 5.73 Å². The van der Waals surface area contributed by atoms with Gasteiger partial charge in [-0.3, -0.25) is 4.90 Å². The van der Waals surface area contributed by atoms with Gasteiger partial charge in [0.2, 0.25) is 0 Å². The fourth-order valence-corrected chi connectivity index (χ4v) is 4.14. The zero-order chi connectivity index (χ0) is 17.4. The van der Waals surface area contributed by atoms with E-state index in [4.69, 9.17) is 27.3 Å². The van der Waals surface area contributed by atoms with Crippen molar-refractivity contribution in [3.8, 4) is 11.8 Å². The third kappa shape index (κ3) is 3.11. The molecular weight excluding hydrogens is 334 g/mol. The topological polar surface area (TPSA) is 62.3 Å². The number of halogens is 1. The lowest BCUT2D eigenvalue weighted by atomic mass is 10.1. The maximum absolute atomic E-state index is 9.01. The molecule has 0 bridgehead atoms. The SMILES string of the molecule is N#Cc1ccc(O[C@@H]2c3ccccc3C[C@H]2N2CC[C@@H](N)C2)c(Cl)c1. The molecular formula is C20H20ClN3O. The molecule has 1 fully saturated rings. The van der Waals surface area contributed by atoms with Crippen molar-refractivity contribution in [1.29, 1.82) is 5.26 Å². The van der Waals surface area contributed by atoms with Crippen LogP contribution in [-0.2, 0) is 6.42 Å². The number of nitrogens with two attached hydrogens (primary N) is 1. The van der Waals surface area contributed by atoms with Crippen LogP contribution in [0.4, 0.5) is 0 Å². The second-order valence-electron chi connectivity index (χ2n) is 6.81. The monoisotopic (exact) mass is 353 g/mol. The molecule has 1 aliphatic heterocycles. The number of hydrogen-bond acceptors (Lipinski definition) is 4. The van der Waals surface area contributed by atoms with Crippen molar-refractivity contribution in [2.45, 2.75) is 31.0 Å². The van der Waals surface area contributed by atoms with Crippen LogP contribution in [0.15, 0.2) is 42.5 Å². The smallest absolute Gasteiger partial charge is 0.140 e. The van der Waals surface area contributed by atoms with Crippen molar-refractivity contribution >= 4 is 11.6 Å². The van der Waals surface area contributed by atoms with Gasteiger partial charge in [0.25, 0.3) is 0 Å². The lowest BCUT2D eigenvalue weighted by molar-refractivity contribution is 0.0934. The maximum atomic E-state index is 9.01. The van der Waals surface area contributed by atoms with Gasteiger partial charge in [-0.15, -0.1) is 0 Å². The van der Waals surface area contributed by atoms with Gasteiger partial charge in [-0.05, 0) is 42.2 Å². The van der Waals surface area contributed by atoms with Gasteiger partial charge in [0, 0.05) is 19.1 Å². The summed E-state index contributed by atoms with van der Waals surface area (Å²) in [5.41, 5.74) is 9.19. The van der Waals surface area contributed by atoms with E-state index in [0.29, 0.717) is 16.3 Å². The third-order valence-corrected chi connectivity index (χ3v) is 5.48. The Balaban J connectivity index is 1.65. The van der Waals surface area contributed by atoms with E-state index in [1.165, 1.54) is 11.1 Å². The first-order valence-corrected chi connectivity index (χ1v) is 8.97. The zero-order valence-corrected chi connectivity index (χ0v) is 14.6. The summed E-state index contributed by atoms with van der Waals surface area (Å²) in [6.07, 6.45) is 1.91. The fraction of sp³-hybridized carbons (Fsp3) is 0.350. The molecule has 0 aromatic heterocycles. The van der Waals surface area contributed by atoms with Crippen LogP contribution in [0.1, 0.15) is 29.2 Å². The molecule has 5 heteroatoms. The van der Waals surface area contributed by atoms with E-state index in [0.717, 1.165) is 25.9 Å². The average Bonchev–Trinajstić information content (AvgIpc) is 3.20. The van der Waals surface area contributed by atoms with E-state index in [2.05, 4.69) is 29.2 Å². The third-order valence-electron chi connectivity index (χ3n) is 5.18. The van der Waals surface area contributed by atoms with E-state index in [1.807, 2.05) is 6.07 Å². The molecule has 1 aliphatic carbocycles. The molecule has 2 aromatic rings. The van der Waals surface area contributed by atoms with Crippen LogP contribution < -0.4 is 10.5 Å². The van der Waals surface area contributed by atoms with Gasteiger partial charge in [-0.2, -0.15) is 5.26 Å². The molecule has 2 aromatic carbocycles. The van der Waals surface area contributed by atoms with Gasteiger partial charge in [0.1, 0.15) is 11.9 Å². The summed E-state index contributed by atoms with van der Waals surface area (Å²) in [5, 5.41) is 9.48. The number of hydrogen-bond donors (Lipinski definition) is 1. The van der Waals surface area contributed by atoms with Gasteiger partial charge >= 0.3 is 0 Å². The summed E-state index contributed by atoms with van der Waals surface area (Å²) in [6.45, 7) is 1.90. The highest BCUT2D eigenvalue weighted by atomic mass is 35.5. The standard InChI is InChI=1S/C20H20ClN3O/c21-17-9-13(11-22)5-6-19(17)25-20-16-4-2-1-3-14(16)10-18(20)24-8-7-15(23)12-24/h1-6,9,15,18,20H,7-8,10,12,23H2/t15-,18-,20-/m1/s1. The number of benzene rings is 2. The van der Waals surface area contributed by atoms with Crippen molar-refractivity contribution in [3.05, 3.63) is 64.2 Å². The molecule has 0 unspecified atom stereocenters. The summed E-state index contributed by atoms with van der Waals surface area (Å²) in [5.74, 6) is 0.621. The number of ether oxygens (including phenoxy) is 1. The summed E-state index contributed by atoms with van der Waals surface area (Å²) in [4.78, 5) is 2.44. The zero-order valence-electron chi connectivity index (χ0n) is 13.9. The Morgan fingerprint density at radius 1 is 1.24 bits per heavy atom. The Labute approximate surface area is 152 Å². The van der Waals surface area contributed by atoms with Gasteiger partial charge in [-0.25, -0.2) is 0 Å². The summed E-state index contributed by atoms with van der Waals surface area (Å²) >= 11 is 6.33. The van der Waals surface area contributed by atoms with Gasteiger partial charge in [-0.1, -0.05) is 35.9 Å². The number of fused-ring (bicyclic) bond motifs is 1. The first-order valence-electron chi connectivity index (χ1n) is 8.59. The maximum Gasteiger partial charge on any atom is 0.140 e. The molecule has 25 heavy (non-hydrogen) atoms. The van der Waals surface area contributed by atoms with E-state index in [9.17, 15) is 0 Å². The van der Waals surface area contributed by atoms with Gasteiger partial charge in [0.05, 0.1) is 22.7 Å². The molecule has 3 atom stereocenters. The fourth-order valence-electron chi connectivity index (χ4n) is 3.92. The number of rotatable bonds is 3. The number of nitriles is 1. The normalized spacial score (nSPS) is 25.6. The summed E-state index contributed by atoms with van der Waals surface area (Å²) in [6, 6.07) is 16.2. The highest BCUT2D eigenvalue weighted by Gasteiger charge is 2.40. The highest BCUT2D eigenvalue weighted by molar-refractivity contribution is 6.32. The second-order valence-corrected chi connectivity index (χ2v) is 7.22. The van der Waals surface area contributed by atoms with Crippen molar-refractivity contribution in [3.63, 3.8) is 0 Å². The van der Waals surface area contributed by atoms with Crippen molar-refractivity contribution in [1.82, 2.24) is 4.90 Å². The highest BCUT2D eigenvalue weighted by Crippen LogP contribution is 2.40. The second kappa shape index (κ2) is 6.68. The van der Waals surface area contributed by atoms with E-state index < -0.39 is 0 Å². The molecule has 4 rings (SSSR count). The number of likely N-dealkylation sites (tertiary alicyclic amines) is 1. The van der Waals surface area contributed by atoms with E-state index >= 15 is 0 Å². The average molecular weight is 354 g/mol. The predicted molar refractivity (Wildman–Crippen MR) is 97.6 cm³/mol. The molecule has 4 nitrogen and oxygen atoms in total. The van der Waals surface area contributed by atoms with Crippen LogP contribution in [0.25, 0.3) is 0 Å². The molecule has 0 amide bonds. The van der Waals surface area contributed by atoms with Crippen LogP contribution in [0.3, 0.4) is 0 Å². The lowest BCUT2D eigenvalue weighted by Gasteiger charge is -2.30. The van der Waals surface area contributed by atoms with E-state index in [1.54, 1.807) is 18.2 Å². The van der Waals surface area contributed by atoms with Crippen LogP contribution in [0.5, 0.6) is 5.75 Å². The van der Waals surface area contributed by atoms with Gasteiger partial charge in [0.15, 0.2) is 0 Å². The van der Waals surface area contributed by atoms with Crippen molar-refractivity contribution < 1.29 is 4.74 Å². The Morgan fingerprint density at radius 3 is 2.80 bits per heavy atom. The molecule has 2 aliphatic rings. The first kappa shape index (κ1) is 16.4. The lowest BCUT2D eigenvalue weighted by Crippen LogP contribution is -2.40. The largest absolute Gasteiger partial charge is 0.482 e. The Bertz CT molecular complexity index is 832. The molecule has 0 spiro atoms. The summed E-state index contributed by atoms with van der Waals surface area (Å²) in [7, 11) is 0. The van der Waals surface area contributed by atoms with Gasteiger partial charge < -0.3 is 10.5 Å². The predicted octanol–water partition coefficient (Wildman–Crippen LogP) is 3.29. The van der Waals surface area contributed by atoms with Crippen LogP contribution in [0.2, 0.25) is 5.02 Å². The molecule has 2 N–H and O–H groups in total. The Morgan fingerprint density at radius 2 is 2.08 bits per heavy atom. The summed E-state index contributed by atoms with van der Waals surface area (Å²) < 4.78 is 6.37. The van der Waals surface area contributed by atoms with Crippen LogP contribution in [-0.4, -0.2) is 30.1 Å². The van der Waals surface area contributed by atoms with Crippen molar-refractivity contribution in [2.75, 3.05) is 13.1 Å². The Kier molecular flexibility index (Phi) is 4.39. The molecule has 1 saturated heterocycles. The number of nitrogens with zero attached hydrogens (tertiary/aromatic N) is 2. The van der Waals surface area contributed by atoms with Crippen LogP contribution >= 0.6 is 11.6 Å². The molecule has 0 saturated carbocycles. The molecule has 0 radical (unpaired) electrons. The minimum atomic E-state index is -0.0769. The van der Waals surface area contributed by atoms with Crippen LogP contribution in [0, 0.1) is 11.3 Å². The minimum Gasteiger partial charge on any atom is -0.482 e. The minimum absolute atomic E-state index is 0.0769. The first-order chi connectivity index (χ1) is 12.2. The molecule has 128 valence electrons. The quantitative estimate of drug-likeness (QED) is 0.919.